The zero-order chi connectivity index (χ0) is 21.6. The topological polar surface area (TPSA) is 58.4 Å². The summed E-state index contributed by atoms with van der Waals surface area (Å²) in [6, 6.07) is 22.2. The molecule has 156 valence electrons. The Kier molecular flexibility index (Phi) is 6.61. The van der Waals surface area contributed by atoms with Crippen LogP contribution in [0.5, 0.6) is 0 Å². The lowest BCUT2D eigenvalue weighted by Gasteiger charge is -2.05. The van der Waals surface area contributed by atoms with Gasteiger partial charge in [-0.1, -0.05) is 30.3 Å². The number of benzene rings is 3. The minimum Gasteiger partial charge on any atom is -0.376 e. The van der Waals surface area contributed by atoms with Crippen LogP contribution >= 0.6 is 22.6 Å². The average molecular weight is 526 g/mol. The summed E-state index contributed by atoms with van der Waals surface area (Å²) in [6.07, 6.45) is 3.62. The molecule has 0 saturated heterocycles. The second-order valence-electron chi connectivity index (χ2n) is 7.01. The van der Waals surface area contributed by atoms with Crippen molar-refractivity contribution in [3.63, 3.8) is 0 Å². The first kappa shape index (κ1) is 21.0. The second kappa shape index (κ2) is 9.74. The van der Waals surface area contributed by atoms with E-state index >= 15 is 0 Å². The summed E-state index contributed by atoms with van der Waals surface area (Å²) in [5.74, 6) is -0.481. The average Bonchev–Trinajstić information content (AvgIpc) is 3.12. The molecule has 0 unspecified atom stereocenters. The Hall–Kier alpha value is -3.20. The van der Waals surface area contributed by atoms with Gasteiger partial charge >= 0.3 is 0 Å². The Labute approximate surface area is 193 Å². The highest BCUT2D eigenvalue weighted by Crippen LogP contribution is 2.21. The van der Waals surface area contributed by atoms with Gasteiger partial charge in [-0.15, -0.1) is 0 Å². The van der Waals surface area contributed by atoms with Crippen molar-refractivity contribution in [3.8, 4) is 0 Å². The van der Waals surface area contributed by atoms with E-state index in [2.05, 4.69) is 43.0 Å². The summed E-state index contributed by atoms with van der Waals surface area (Å²) < 4.78 is 16.4. The molecule has 5 nitrogen and oxygen atoms in total. The van der Waals surface area contributed by atoms with Gasteiger partial charge < -0.3 is 9.88 Å². The molecule has 0 spiro atoms. The Morgan fingerprint density at radius 2 is 1.77 bits per heavy atom. The molecule has 1 amide bonds. The summed E-state index contributed by atoms with van der Waals surface area (Å²) in [7, 11) is 0. The molecule has 0 bridgehead atoms. The zero-order valence-electron chi connectivity index (χ0n) is 16.6. The highest BCUT2D eigenvalue weighted by Gasteiger charge is 2.08. The summed E-state index contributed by atoms with van der Waals surface area (Å²) in [5.41, 5.74) is 6.37. The number of nitrogens with one attached hydrogen (secondary N) is 2. The van der Waals surface area contributed by atoms with Crippen molar-refractivity contribution >= 4 is 51.3 Å². The lowest BCUT2D eigenvalue weighted by atomic mass is 10.2. The quantitative estimate of drug-likeness (QED) is 0.203. The first-order valence-electron chi connectivity index (χ1n) is 9.72. The van der Waals surface area contributed by atoms with Crippen molar-refractivity contribution < 1.29 is 9.18 Å². The third-order valence-electron chi connectivity index (χ3n) is 4.78. The van der Waals surface area contributed by atoms with Gasteiger partial charge in [-0.25, -0.2) is 9.82 Å². The lowest BCUT2D eigenvalue weighted by Crippen LogP contribution is -2.25. The highest BCUT2D eigenvalue weighted by molar-refractivity contribution is 14.1. The predicted molar refractivity (Wildman–Crippen MR) is 131 cm³/mol. The molecule has 31 heavy (non-hydrogen) atoms. The maximum atomic E-state index is 13.2. The van der Waals surface area contributed by atoms with E-state index in [1.807, 2.05) is 54.7 Å². The van der Waals surface area contributed by atoms with Gasteiger partial charge in [0.25, 0.3) is 5.91 Å². The van der Waals surface area contributed by atoms with Crippen molar-refractivity contribution in [2.45, 2.75) is 6.54 Å². The van der Waals surface area contributed by atoms with Gasteiger partial charge in [0.1, 0.15) is 5.82 Å². The molecule has 2 N–H and O–H groups in total. The van der Waals surface area contributed by atoms with Crippen LogP contribution in [0.15, 0.2) is 84.1 Å². The monoisotopic (exact) mass is 526 g/mol. The van der Waals surface area contributed by atoms with Gasteiger partial charge in [-0.05, 0) is 70.6 Å². The van der Waals surface area contributed by atoms with E-state index in [0.29, 0.717) is 6.54 Å². The molecule has 0 radical (unpaired) electrons. The van der Waals surface area contributed by atoms with Gasteiger partial charge in [-0.3, -0.25) is 4.79 Å². The number of halogens is 2. The van der Waals surface area contributed by atoms with E-state index in [0.717, 1.165) is 31.3 Å². The number of amides is 1. The maximum absolute atomic E-state index is 13.2. The molecular formula is C24H20FIN4O. The second-order valence-corrected chi connectivity index (χ2v) is 8.26. The van der Waals surface area contributed by atoms with Crippen molar-refractivity contribution in [2.24, 2.45) is 5.10 Å². The van der Waals surface area contributed by atoms with Gasteiger partial charge in [0.15, 0.2) is 0 Å². The van der Waals surface area contributed by atoms with Crippen molar-refractivity contribution in [2.75, 3.05) is 11.9 Å². The lowest BCUT2D eigenvalue weighted by molar-refractivity contribution is -0.119. The molecular weight excluding hydrogens is 506 g/mol. The van der Waals surface area contributed by atoms with Crippen LogP contribution in [0, 0.1) is 9.39 Å². The van der Waals surface area contributed by atoms with Crippen LogP contribution in [0.3, 0.4) is 0 Å². The normalized spacial score (nSPS) is 11.2. The molecule has 4 rings (SSSR count). The van der Waals surface area contributed by atoms with Crippen molar-refractivity contribution in [1.29, 1.82) is 0 Å². The number of hydrogen-bond donors (Lipinski definition) is 2. The minimum absolute atomic E-state index is 0.129. The van der Waals surface area contributed by atoms with Gasteiger partial charge in [0.2, 0.25) is 0 Å². The number of anilines is 1. The minimum atomic E-state index is -0.249. The zero-order valence-corrected chi connectivity index (χ0v) is 18.7. The number of nitrogens with zero attached hydrogens (tertiary/aromatic N) is 2. The van der Waals surface area contributed by atoms with Crippen LogP contribution in [0.1, 0.15) is 11.1 Å². The Balaban J connectivity index is 1.42. The Morgan fingerprint density at radius 3 is 2.55 bits per heavy atom. The fourth-order valence-electron chi connectivity index (χ4n) is 3.26. The van der Waals surface area contributed by atoms with Crippen LogP contribution < -0.4 is 10.7 Å². The van der Waals surface area contributed by atoms with E-state index in [1.54, 1.807) is 18.3 Å². The van der Waals surface area contributed by atoms with Crippen LogP contribution in [-0.4, -0.2) is 23.2 Å². The number of hydrogen-bond acceptors (Lipinski definition) is 3. The smallest absolute Gasteiger partial charge is 0.259 e. The number of carbonyl (C=O) groups is 1. The molecule has 4 aromatic rings. The summed E-state index contributed by atoms with van der Waals surface area (Å²) in [5, 5.41) is 8.21. The molecule has 0 aliphatic heterocycles. The highest BCUT2D eigenvalue weighted by atomic mass is 127. The predicted octanol–water partition coefficient (Wildman–Crippen LogP) is 5.00. The van der Waals surface area contributed by atoms with Gasteiger partial charge in [0.05, 0.1) is 12.8 Å². The largest absolute Gasteiger partial charge is 0.376 e. The van der Waals surface area contributed by atoms with E-state index in [-0.39, 0.29) is 18.3 Å². The third kappa shape index (κ3) is 5.49. The molecule has 3 aromatic carbocycles. The number of carbonyl (C=O) groups excluding carboxylic acids is 1. The molecule has 0 atom stereocenters. The molecule has 1 heterocycles. The summed E-state index contributed by atoms with van der Waals surface area (Å²) in [6.45, 7) is 0.741. The van der Waals surface area contributed by atoms with Crippen LogP contribution in [0.25, 0.3) is 10.9 Å². The summed E-state index contributed by atoms with van der Waals surface area (Å²) in [4.78, 5) is 12.1. The van der Waals surface area contributed by atoms with E-state index in [9.17, 15) is 9.18 Å². The molecule has 7 heteroatoms. The SMILES string of the molecule is O=C(CNc1ccc(I)cc1)N/N=C\c1cn(Cc2ccc(F)cc2)c2ccccc12. The summed E-state index contributed by atoms with van der Waals surface area (Å²) >= 11 is 2.23. The van der Waals surface area contributed by atoms with Crippen LogP contribution in [0.2, 0.25) is 0 Å². The molecule has 0 aliphatic rings. The first-order valence-corrected chi connectivity index (χ1v) is 10.8. The van der Waals surface area contributed by atoms with Crippen LogP contribution in [-0.2, 0) is 11.3 Å². The molecule has 0 aliphatic carbocycles. The Morgan fingerprint density at radius 1 is 1.03 bits per heavy atom. The van der Waals surface area contributed by atoms with E-state index in [1.165, 1.54) is 12.1 Å². The first-order chi connectivity index (χ1) is 15.1. The Bertz CT molecular complexity index is 1220. The fourth-order valence-corrected chi connectivity index (χ4v) is 3.62. The number of hydrazone groups is 1. The van der Waals surface area contributed by atoms with Crippen molar-refractivity contribution in [1.82, 2.24) is 9.99 Å². The van der Waals surface area contributed by atoms with Gasteiger partial charge in [0, 0.05) is 38.5 Å². The van der Waals surface area contributed by atoms with E-state index < -0.39 is 0 Å². The number of aromatic nitrogens is 1. The maximum Gasteiger partial charge on any atom is 0.259 e. The molecule has 0 fully saturated rings. The third-order valence-corrected chi connectivity index (χ3v) is 5.49. The number of fused-ring (bicyclic) bond motifs is 1. The number of rotatable bonds is 7. The molecule has 1 aromatic heterocycles. The van der Waals surface area contributed by atoms with Gasteiger partial charge in [-0.2, -0.15) is 5.10 Å². The fraction of sp³-hybridized carbons (Fsp3) is 0.0833. The molecule has 0 saturated carbocycles. The van der Waals surface area contributed by atoms with E-state index in [4.69, 9.17) is 0 Å². The standard InChI is InChI=1S/C24H20FIN4O/c25-19-7-5-17(6-8-19)15-30-16-18(22-3-1-2-4-23(22)30)13-28-29-24(31)14-27-21-11-9-20(26)10-12-21/h1-13,16,27H,14-15H2,(H,29,31)/b28-13-. The van der Waals surface area contributed by atoms with Crippen molar-refractivity contribution in [3.05, 3.63) is 99.5 Å². The number of para-hydroxylation sites is 1. The van der Waals surface area contributed by atoms with Crippen LogP contribution in [0.4, 0.5) is 10.1 Å².